The third-order valence-electron chi connectivity index (χ3n) is 2.49. The lowest BCUT2D eigenvalue weighted by Crippen LogP contribution is -2.18. The molecule has 0 aliphatic carbocycles. The predicted octanol–water partition coefficient (Wildman–Crippen LogP) is 1.79. The van der Waals surface area contributed by atoms with Crippen LogP contribution in [0.4, 0.5) is 5.82 Å². The van der Waals surface area contributed by atoms with Crippen molar-refractivity contribution < 1.29 is 0 Å². The van der Waals surface area contributed by atoms with E-state index in [9.17, 15) is 0 Å². The van der Waals surface area contributed by atoms with E-state index in [1.165, 1.54) is 0 Å². The molecule has 0 saturated carbocycles. The topological polar surface area (TPSA) is 61.6 Å². The molecule has 0 radical (unpaired) electrons. The van der Waals surface area contributed by atoms with Crippen molar-refractivity contribution in [2.24, 2.45) is 0 Å². The molecule has 0 spiro atoms. The number of hydrogen-bond acceptors (Lipinski definition) is 4. The van der Waals surface area contributed by atoms with Crippen LogP contribution in [0.1, 0.15) is 30.2 Å². The van der Waals surface area contributed by atoms with Crippen LogP contribution in [-0.4, -0.2) is 16.2 Å². The third-order valence-corrected chi connectivity index (χ3v) is 2.49. The lowest BCUT2D eigenvalue weighted by Gasteiger charge is -2.13. The minimum Gasteiger partial charge on any atom is -0.354 e. The maximum absolute atomic E-state index is 9.07. The van der Waals surface area contributed by atoms with Crippen molar-refractivity contribution in [1.82, 2.24) is 10.2 Å². The van der Waals surface area contributed by atoms with Gasteiger partial charge in [-0.3, -0.25) is 0 Å². The lowest BCUT2D eigenvalue weighted by atomic mass is 10.1. The van der Waals surface area contributed by atoms with Crippen molar-refractivity contribution in [2.75, 3.05) is 5.32 Å². The summed E-state index contributed by atoms with van der Waals surface area (Å²) in [6, 6.07) is 2.00. The van der Waals surface area contributed by atoms with E-state index >= 15 is 0 Å². The monoisotopic (exact) mass is 214 g/mol. The molecule has 1 unspecified atom stereocenters. The fourth-order valence-electron chi connectivity index (χ4n) is 1.27. The summed E-state index contributed by atoms with van der Waals surface area (Å²) in [5.74, 6) is 3.07. The van der Waals surface area contributed by atoms with E-state index in [2.05, 4.69) is 27.5 Å². The Bertz CT molecular complexity index is 465. The minimum atomic E-state index is -0.122. The smallest absolute Gasteiger partial charge is 0.167 e. The first-order valence-corrected chi connectivity index (χ1v) is 5.10. The summed E-state index contributed by atoms with van der Waals surface area (Å²) in [7, 11) is 0. The number of rotatable bonds is 3. The number of anilines is 1. The van der Waals surface area contributed by atoms with Crippen LogP contribution in [0, 0.1) is 37.5 Å². The summed E-state index contributed by atoms with van der Waals surface area (Å²) in [6.45, 7) is 5.65. The molecule has 1 aromatic heterocycles. The van der Waals surface area contributed by atoms with Gasteiger partial charge in [-0.05, 0) is 25.8 Å². The van der Waals surface area contributed by atoms with Gasteiger partial charge in [0.25, 0.3) is 0 Å². The molecule has 4 nitrogen and oxygen atoms in total. The molecule has 0 aliphatic heterocycles. The first kappa shape index (κ1) is 12.0. The zero-order chi connectivity index (χ0) is 12.1. The van der Waals surface area contributed by atoms with Gasteiger partial charge in [0.05, 0.1) is 11.7 Å². The van der Waals surface area contributed by atoms with Crippen molar-refractivity contribution in [3.8, 4) is 18.4 Å². The van der Waals surface area contributed by atoms with Crippen LogP contribution in [0.15, 0.2) is 0 Å². The van der Waals surface area contributed by atoms with E-state index in [0.29, 0.717) is 11.4 Å². The van der Waals surface area contributed by atoms with Gasteiger partial charge in [0.2, 0.25) is 0 Å². The molecule has 1 atom stereocenters. The average molecular weight is 214 g/mol. The Morgan fingerprint density at radius 1 is 1.44 bits per heavy atom. The van der Waals surface area contributed by atoms with Crippen LogP contribution in [0.2, 0.25) is 0 Å². The highest BCUT2D eigenvalue weighted by Gasteiger charge is 2.12. The Labute approximate surface area is 95.7 Å². The molecule has 4 heteroatoms. The van der Waals surface area contributed by atoms with Gasteiger partial charge in [0, 0.05) is 0 Å². The van der Waals surface area contributed by atoms with E-state index in [1.807, 2.05) is 20.8 Å². The normalized spacial score (nSPS) is 11.3. The van der Waals surface area contributed by atoms with E-state index < -0.39 is 0 Å². The second-order valence-electron chi connectivity index (χ2n) is 3.52. The van der Waals surface area contributed by atoms with Gasteiger partial charge in [0.1, 0.15) is 11.6 Å². The van der Waals surface area contributed by atoms with E-state index in [1.54, 1.807) is 0 Å². The second kappa shape index (κ2) is 5.14. The summed E-state index contributed by atoms with van der Waals surface area (Å²) in [5.41, 5.74) is 2.11. The summed E-state index contributed by atoms with van der Waals surface area (Å²) in [4.78, 5) is 0. The standard InChI is InChI=1S/C12H14N4/c1-5-10(6-2)14-12-11(7-13)8(3)9(4)15-16-12/h1,10H,6H2,2-4H3,(H,14,16). The van der Waals surface area contributed by atoms with Gasteiger partial charge in [0.15, 0.2) is 5.82 Å². The summed E-state index contributed by atoms with van der Waals surface area (Å²) < 4.78 is 0. The van der Waals surface area contributed by atoms with Gasteiger partial charge in [-0.25, -0.2) is 0 Å². The molecule has 0 fully saturated rings. The van der Waals surface area contributed by atoms with Crippen molar-refractivity contribution in [3.05, 3.63) is 16.8 Å². The van der Waals surface area contributed by atoms with Crippen LogP contribution in [0.5, 0.6) is 0 Å². The Morgan fingerprint density at radius 2 is 2.12 bits per heavy atom. The van der Waals surface area contributed by atoms with Crippen molar-refractivity contribution in [2.45, 2.75) is 33.2 Å². The van der Waals surface area contributed by atoms with Gasteiger partial charge >= 0.3 is 0 Å². The number of terminal acetylenes is 1. The molecule has 82 valence electrons. The Balaban J connectivity index is 3.12. The van der Waals surface area contributed by atoms with Crippen molar-refractivity contribution >= 4 is 5.82 Å². The first-order valence-electron chi connectivity index (χ1n) is 5.10. The number of nitrogens with one attached hydrogen (secondary N) is 1. The number of aryl methyl sites for hydroxylation is 1. The third kappa shape index (κ3) is 2.29. The maximum atomic E-state index is 9.07. The summed E-state index contributed by atoms with van der Waals surface area (Å²) in [5, 5.41) is 20.0. The molecule has 0 amide bonds. The minimum absolute atomic E-state index is 0.122. The molecule has 0 bridgehead atoms. The number of hydrogen-bond donors (Lipinski definition) is 1. The highest BCUT2D eigenvalue weighted by atomic mass is 15.2. The van der Waals surface area contributed by atoms with Crippen molar-refractivity contribution in [3.63, 3.8) is 0 Å². The number of nitrogens with zero attached hydrogens (tertiary/aromatic N) is 3. The van der Waals surface area contributed by atoms with E-state index in [0.717, 1.165) is 17.7 Å². The molecule has 0 saturated heterocycles. The zero-order valence-corrected chi connectivity index (χ0v) is 9.70. The second-order valence-corrected chi connectivity index (χ2v) is 3.52. The molecule has 16 heavy (non-hydrogen) atoms. The fraction of sp³-hybridized carbons (Fsp3) is 0.417. The molecule has 0 aliphatic rings. The van der Waals surface area contributed by atoms with Crippen LogP contribution in [0.25, 0.3) is 0 Å². The molecule has 0 aromatic carbocycles. The van der Waals surface area contributed by atoms with Gasteiger partial charge in [-0.1, -0.05) is 12.8 Å². The zero-order valence-electron chi connectivity index (χ0n) is 9.70. The van der Waals surface area contributed by atoms with E-state index in [-0.39, 0.29) is 6.04 Å². The van der Waals surface area contributed by atoms with Crippen LogP contribution < -0.4 is 5.32 Å². The lowest BCUT2D eigenvalue weighted by molar-refractivity contribution is 0.834. The average Bonchev–Trinajstić information content (AvgIpc) is 2.30. The highest BCUT2D eigenvalue weighted by Crippen LogP contribution is 2.18. The molecular formula is C12H14N4. The van der Waals surface area contributed by atoms with Gasteiger partial charge < -0.3 is 5.32 Å². The number of aromatic nitrogens is 2. The Morgan fingerprint density at radius 3 is 2.62 bits per heavy atom. The van der Waals surface area contributed by atoms with Gasteiger partial charge in [-0.15, -0.1) is 11.5 Å². The molecule has 1 N–H and O–H groups in total. The fourth-order valence-corrected chi connectivity index (χ4v) is 1.27. The highest BCUT2D eigenvalue weighted by molar-refractivity contribution is 5.56. The van der Waals surface area contributed by atoms with E-state index in [4.69, 9.17) is 11.7 Å². The molecular weight excluding hydrogens is 200 g/mol. The quantitative estimate of drug-likeness (QED) is 0.779. The molecule has 1 heterocycles. The van der Waals surface area contributed by atoms with Crippen LogP contribution in [0.3, 0.4) is 0 Å². The maximum Gasteiger partial charge on any atom is 0.167 e. The van der Waals surface area contributed by atoms with Crippen LogP contribution in [-0.2, 0) is 0 Å². The van der Waals surface area contributed by atoms with Crippen molar-refractivity contribution in [1.29, 1.82) is 5.26 Å². The Hall–Kier alpha value is -2.07. The summed E-state index contributed by atoms with van der Waals surface area (Å²) in [6.07, 6.45) is 6.12. The first-order chi connectivity index (χ1) is 7.63. The largest absolute Gasteiger partial charge is 0.354 e. The number of nitriles is 1. The predicted molar refractivity (Wildman–Crippen MR) is 62.8 cm³/mol. The summed E-state index contributed by atoms with van der Waals surface area (Å²) >= 11 is 0. The Kier molecular flexibility index (Phi) is 3.85. The van der Waals surface area contributed by atoms with Crippen LogP contribution >= 0.6 is 0 Å². The molecule has 1 rings (SSSR count). The van der Waals surface area contributed by atoms with Gasteiger partial charge in [-0.2, -0.15) is 10.4 Å². The molecule has 1 aromatic rings. The SMILES string of the molecule is C#CC(CC)Nc1nnc(C)c(C)c1C#N.